The maximum Gasteiger partial charge on any atom is 0.336 e. The highest BCUT2D eigenvalue weighted by molar-refractivity contribution is 5.83. The molecule has 2 rings (SSSR count). The zero-order valence-corrected chi connectivity index (χ0v) is 12.3. The van der Waals surface area contributed by atoms with Gasteiger partial charge in [-0.3, -0.25) is 4.79 Å². The molecule has 0 spiro atoms. The molecule has 0 atom stereocenters. The summed E-state index contributed by atoms with van der Waals surface area (Å²) < 4.78 is 15.1. The van der Waals surface area contributed by atoms with Crippen molar-refractivity contribution in [1.82, 2.24) is 0 Å². The Labute approximate surface area is 126 Å². The van der Waals surface area contributed by atoms with Crippen LogP contribution in [0.25, 0.3) is 11.0 Å². The van der Waals surface area contributed by atoms with Gasteiger partial charge in [0.05, 0.1) is 7.11 Å². The lowest BCUT2D eigenvalue weighted by atomic mass is 10.0. The molecule has 0 unspecified atom stereocenters. The molecular weight excluding hydrogens is 286 g/mol. The molecule has 114 valence electrons. The molecule has 2 aromatic rings. The van der Waals surface area contributed by atoms with Crippen molar-refractivity contribution in [2.24, 2.45) is 0 Å². The first-order valence-electron chi connectivity index (χ1n) is 6.69. The zero-order chi connectivity index (χ0) is 16.1. The minimum Gasteiger partial charge on any atom is -0.478 e. The number of nitriles is 1. The van der Waals surface area contributed by atoms with Gasteiger partial charge in [-0.1, -0.05) is 0 Å². The van der Waals surface area contributed by atoms with E-state index in [1.807, 2.05) is 12.1 Å². The van der Waals surface area contributed by atoms with Gasteiger partial charge in [0.2, 0.25) is 0 Å². The normalized spacial score (nSPS) is 10.2. The van der Waals surface area contributed by atoms with Gasteiger partial charge < -0.3 is 13.9 Å². The van der Waals surface area contributed by atoms with E-state index >= 15 is 0 Å². The van der Waals surface area contributed by atoms with Crippen LogP contribution in [0, 0.1) is 18.3 Å². The molecule has 1 heterocycles. The molecule has 0 radical (unpaired) electrons. The van der Waals surface area contributed by atoms with Crippen molar-refractivity contribution in [2.45, 2.75) is 19.8 Å². The number of methoxy groups -OCH3 is 1. The van der Waals surface area contributed by atoms with E-state index < -0.39 is 5.63 Å². The number of fused-ring (bicyclic) bond motifs is 1. The summed E-state index contributed by atoms with van der Waals surface area (Å²) >= 11 is 0. The summed E-state index contributed by atoms with van der Waals surface area (Å²) in [5, 5.41) is 9.42. The van der Waals surface area contributed by atoms with Gasteiger partial charge in [-0.2, -0.15) is 5.26 Å². The van der Waals surface area contributed by atoms with E-state index in [9.17, 15) is 9.59 Å². The molecule has 1 aromatic carbocycles. The van der Waals surface area contributed by atoms with Gasteiger partial charge in [0.15, 0.2) is 6.61 Å². The summed E-state index contributed by atoms with van der Waals surface area (Å²) in [6.45, 7) is 1.67. The Morgan fingerprint density at radius 2 is 2.14 bits per heavy atom. The Balaban J connectivity index is 2.48. The number of esters is 1. The molecule has 0 saturated heterocycles. The van der Waals surface area contributed by atoms with Crippen LogP contribution in [0.4, 0.5) is 0 Å². The second kappa shape index (κ2) is 6.76. The van der Waals surface area contributed by atoms with Crippen molar-refractivity contribution in [3.63, 3.8) is 0 Å². The van der Waals surface area contributed by atoms with Gasteiger partial charge in [-0.05, 0) is 30.5 Å². The monoisotopic (exact) mass is 301 g/mol. The molecule has 6 nitrogen and oxygen atoms in total. The lowest BCUT2D eigenvalue weighted by molar-refractivity contribution is -0.140. The van der Waals surface area contributed by atoms with Gasteiger partial charge in [0.25, 0.3) is 0 Å². The highest BCUT2D eigenvalue weighted by Gasteiger charge is 2.12. The topological polar surface area (TPSA) is 89.5 Å². The maximum atomic E-state index is 11.4. The summed E-state index contributed by atoms with van der Waals surface area (Å²) in [5.41, 5.74) is 1.47. The molecule has 0 saturated carbocycles. The molecule has 6 heteroatoms. The van der Waals surface area contributed by atoms with E-state index in [4.69, 9.17) is 14.4 Å². The average Bonchev–Trinajstić information content (AvgIpc) is 2.50. The Morgan fingerprint density at radius 1 is 1.36 bits per heavy atom. The second-order valence-electron chi connectivity index (χ2n) is 4.73. The fraction of sp³-hybridized carbons (Fsp3) is 0.312. The van der Waals surface area contributed by atoms with Crippen LogP contribution in [0.1, 0.15) is 17.5 Å². The molecule has 0 aliphatic rings. The third-order valence-electron chi connectivity index (χ3n) is 3.25. The summed E-state index contributed by atoms with van der Waals surface area (Å²) in [6.07, 6.45) is 0.600. The number of ether oxygens (including phenoxy) is 2. The van der Waals surface area contributed by atoms with E-state index in [1.54, 1.807) is 13.0 Å². The predicted octanol–water partition coefficient (Wildman–Crippen LogP) is 2.11. The average molecular weight is 301 g/mol. The quantitative estimate of drug-likeness (QED) is 0.620. The van der Waals surface area contributed by atoms with Crippen LogP contribution >= 0.6 is 0 Å². The van der Waals surface area contributed by atoms with E-state index in [-0.39, 0.29) is 19.0 Å². The molecule has 1 aromatic heterocycles. The fourth-order valence-corrected chi connectivity index (χ4v) is 2.17. The number of nitrogens with zero attached hydrogens (tertiary/aromatic N) is 1. The van der Waals surface area contributed by atoms with Crippen molar-refractivity contribution < 1.29 is 18.7 Å². The number of carbonyl (C=O) groups is 1. The summed E-state index contributed by atoms with van der Waals surface area (Å²) in [6, 6.07) is 6.67. The minimum atomic E-state index is -0.446. The standard InChI is InChI=1S/C16H15NO5/c1-10-7-16(19)22-14-9-13(21-6-5-17)11(8-12(10)14)3-4-15(18)20-2/h7-9H,3-4,6H2,1-2H3. The predicted molar refractivity (Wildman–Crippen MR) is 78.7 cm³/mol. The maximum absolute atomic E-state index is 11.4. The van der Waals surface area contributed by atoms with Gasteiger partial charge in [-0.15, -0.1) is 0 Å². The first-order chi connectivity index (χ1) is 10.5. The minimum absolute atomic E-state index is 0.132. The SMILES string of the molecule is COC(=O)CCc1cc2c(C)cc(=O)oc2cc1OCC#N. The van der Waals surface area contributed by atoms with Crippen LogP contribution < -0.4 is 10.4 Å². The van der Waals surface area contributed by atoms with Crippen LogP contribution in [0.2, 0.25) is 0 Å². The molecule has 0 aliphatic carbocycles. The van der Waals surface area contributed by atoms with Crippen LogP contribution in [0.15, 0.2) is 27.4 Å². The van der Waals surface area contributed by atoms with Crippen molar-refractivity contribution in [2.75, 3.05) is 13.7 Å². The third kappa shape index (κ3) is 3.44. The highest BCUT2D eigenvalue weighted by atomic mass is 16.5. The van der Waals surface area contributed by atoms with Crippen LogP contribution in [-0.2, 0) is 16.0 Å². The molecule has 0 aliphatic heterocycles. The number of rotatable bonds is 5. The molecule has 0 bridgehead atoms. The Hall–Kier alpha value is -2.81. The van der Waals surface area contributed by atoms with Crippen LogP contribution in [-0.4, -0.2) is 19.7 Å². The van der Waals surface area contributed by atoms with Crippen molar-refractivity contribution in [3.05, 3.63) is 39.7 Å². The summed E-state index contributed by atoms with van der Waals surface area (Å²) in [4.78, 5) is 22.8. The van der Waals surface area contributed by atoms with Gasteiger partial charge in [0, 0.05) is 23.9 Å². The number of hydrogen-bond donors (Lipinski definition) is 0. The van der Waals surface area contributed by atoms with Gasteiger partial charge in [0.1, 0.15) is 17.4 Å². The molecule has 22 heavy (non-hydrogen) atoms. The number of benzene rings is 1. The van der Waals surface area contributed by atoms with Crippen molar-refractivity contribution in [1.29, 1.82) is 5.26 Å². The highest BCUT2D eigenvalue weighted by Crippen LogP contribution is 2.28. The van der Waals surface area contributed by atoms with Gasteiger partial charge in [-0.25, -0.2) is 4.79 Å². The summed E-state index contributed by atoms with van der Waals surface area (Å²) in [5.74, 6) is 0.0920. The second-order valence-corrected chi connectivity index (χ2v) is 4.73. The Bertz CT molecular complexity index is 801. The fourth-order valence-electron chi connectivity index (χ4n) is 2.17. The lowest BCUT2D eigenvalue weighted by Gasteiger charge is -2.11. The van der Waals surface area contributed by atoms with E-state index in [2.05, 4.69) is 4.74 Å². The zero-order valence-electron chi connectivity index (χ0n) is 12.3. The van der Waals surface area contributed by atoms with E-state index in [0.717, 1.165) is 16.5 Å². The van der Waals surface area contributed by atoms with E-state index in [1.165, 1.54) is 13.2 Å². The smallest absolute Gasteiger partial charge is 0.336 e. The molecule has 0 amide bonds. The van der Waals surface area contributed by atoms with Crippen molar-refractivity contribution >= 4 is 16.9 Å². The largest absolute Gasteiger partial charge is 0.478 e. The number of hydrogen-bond acceptors (Lipinski definition) is 6. The van der Waals surface area contributed by atoms with Crippen LogP contribution in [0.5, 0.6) is 5.75 Å². The number of carbonyl (C=O) groups excluding carboxylic acids is 1. The van der Waals surface area contributed by atoms with Crippen molar-refractivity contribution in [3.8, 4) is 11.8 Å². The number of aryl methyl sites for hydroxylation is 2. The third-order valence-corrected chi connectivity index (χ3v) is 3.25. The van der Waals surface area contributed by atoms with Gasteiger partial charge >= 0.3 is 11.6 Å². The van der Waals surface area contributed by atoms with Crippen LogP contribution in [0.3, 0.4) is 0 Å². The molecular formula is C16H15NO5. The molecule has 0 fully saturated rings. The van der Waals surface area contributed by atoms with E-state index in [0.29, 0.717) is 17.8 Å². The Kier molecular flexibility index (Phi) is 4.79. The molecule has 0 N–H and O–H groups in total. The summed E-state index contributed by atoms with van der Waals surface area (Å²) in [7, 11) is 1.33. The first kappa shape index (κ1) is 15.6. The lowest BCUT2D eigenvalue weighted by Crippen LogP contribution is -2.05. The first-order valence-corrected chi connectivity index (χ1v) is 6.69. The Morgan fingerprint density at radius 3 is 2.82 bits per heavy atom.